The second-order valence-corrected chi connectivity index (χ2v) is 30.1. The van der Waals surface area contributed by atoms with Crippen LogP contribution in [0.15, 0.2) is 243 Å². The predicted octanol–water partition coefficient (Wildman–Crippen LogP) is 23.2. The fraction of sp³-hybridized carbons (Fsp3) is 0.262. The molecule has 0 spiro atoms. The molecule has 0 bridgehead atoms. The van der Waals surface area contributed by atoms with Gasteiger partial charge in [-0.3, -0.25) is 0 Å². The Kier molecular flexibility index (Phi) is 25.0. The molecule has 88 heavy (non-hydrogen) atoms. The summed E-state index contributed by atoms with van der Waals surface area (Å²) < 4.78 is 0. The normalized spacial score (nSPS) is 13.9. The molecular formula is C84H88Mg2Si2. The van der Waals surface area contributed by atoms with Gasteiger partial charge in [-0.2, -0.15) is 24.3 Å². The third kappa shape index (κ3) is 16.8. The Labute approximate surface area is 562 Å². The van der Waals surface area contributed by atoms with Crippen molar-refractivity contribution in [2.75, 3.05) is 0 Å². The Hall–Kier alpha value is -6.09. The van der Waals surface area contributed by atoms with Crippen LogP contribution in [0.2, 0.25) is 26.2 Å². The van der Waals surface area contributed by atoms with E-state index < -0.39 is 0 Å². The summed E-state index contributed by atoms with van der Waals surface area (Å²) in [6, 6.07) is 88.9. The van der Waals surface area contributed by atoms with Gasteiger partial charge in [0.1, 0.15) is 0 Å². The summed E-state index contributed by atoms with van der Waals surface area (Å²) in [6.07, 6.45) is 19.9. The van der Waals surface area contributed by atoms with Crippen molar-refractivity contribution in [3.05, 3.63) is 265 Å². The average Bonchev–Trinajstić information content (AvgIpc) is 3.06. The van der Waals surface area contributed by atoms with Crippen LogP contribution < -0.4 is 0 Å². The predicted molar refractivity (Wildman–Crippen MR) is 396 cm³/mol. The standard InChI is InChI=1S/C23H25Si.C21H23Si.C21H21.C19H19.2Mg/c1-24(2)23-14-7-6-12-21(23)19-15-18-11-8-13-20(22(18)16-19)17-9-4-3-5-10-17;1-22(2)14-7-6-9-17-15-19-12-8-13-20(21(19)16-17)18-10-4-3-5-11-18;1-3-8-16(9-4-1)19-14-18-12-7-13-20(21(18)15-19)17-10-5-2-6-11-17;1-2-3-8-15-13-17-11-7-12-18(19(17)14-15)16-9-5-4-6-10-16;;/h3-5,8-11,13,15-16,21H,6-7,12,14H2,1-2H3;3-5,8,10-16H,6-7,9H2,1-2H3;2,5-7,10-16H,1,3-4,8-9H2;4-7,9-14H,2-3,8H2,1H3;;/q4*-1;2*+2. The molecule has 436 valence electrons. The van der Waals surface area contributed by atoms with Crippen LogP contribution in [0.4, 0.5) is 0 Å². The van der Waals surface area contributed by atoms with Crippen LogP contribution in [-0.4, -0.2) is 73.8 Å². The molecule has 0 aromatic heterocycles. The molecule has 0 saturated heterocycles. The van der Waals surface area contributed by atoms with Crippen LogP contribution in [0.25, 0.3) is 87.6 Å². The van der Waals surface area contributed by atoms with Gasteiger partial charge >= 0.3 is 46.1 Å². The van der Waals surface area contributed by atoms with E-state index >= 15 is 0 Å². The first kappa shape index (κ1) is 66.3. The largest absolute Gasteiger partial charge is 2.00 e. The summed E-state index contributed by atoms with van der Waals surface area (Å²) in [7, 11) is -0.493. The van der Waals surface area contributed by atoms with Gasteiger partial charge in [0.2, 0.25) is 0 Å². The molecular weight excluding hydrogens is 1110 g/mol. The summed E-state index contributed by atoms with van der Waals surface area (Å²) >= 11 is 0. The van der Waals surface area contributed by atoms with Crippen molar-refractivity contribution in [3.63, 3.8) is 0 Å². The van der Waals surface area contributed by atoms with Crippen molar-refractivity contribution >= 4 is 117 Å². The minimum Gasteiger partial charge on any atom is -0.164 e. The van der Waals surface area contributed by atoms with E-state index in [2.05, 4.69) is 281 Å². The topological polar surface area (TPSA) is 0 Å². The van der Waals surface area contributed by atoms with Crippen molar-refractivity contribution < 1.29 is 0 Å². The van der Waals surface area contributed by atoms with E-state index in [0.717, 1.165) is 5.92 Å². The Balaban J connectivity index is 0.000000139. The van der Waals surface area contributed by atoms with Gasteiger partial charge in [0.15, 0.2) is 0 Å². The van der Waals surface area contributed by atoms with Gasteiger partial charge < -0.3 is 0 Å². The summed E-state index contributed by atoms with van der Waals surface area (Å²) in [5.74, 6) is 1.49. The van der Waals surface area contributed by atoms with Crippen molar-refractivity contribution in [1.29, 1.82) is 0 Å². The third-order valence-electron chi connectivity index (χ3n) is 18.3. The quantitative estimate of drug-likeness (QED) is 0.0613. The molecule has 0 aliphatic heterocycles. The first-order chi connectivity index (χ1) is 42.3. The Morgan fingerprint density at radius 3 is 1.20 bits per heavy atom. The van der Waals surface area contributed by atoms with E-state index in [1.807, 2.05) is 5.17 Å². The molecule has 2 aliphatic rings. The van der Waals surface area contributed by atoms with Gasteiger partial charge in [-0.25, -0.2) is 0 Å². The zero-order valence-electron chi connectivity index (χ0n) is 53.3. The van der Waals surface area contributed by atoms with Crippen LogP contribution >= 0.6 is 0 Å². The molecule has 14 rings (SSSR count). The van der Waals surface area contributed by atoms with Crippen LogP contribution in [0.3, 0.4) is 0 Å². The molecule has 0 amide bonds. The van der Waals surface area contributed by atoms with E-state index in [-0.39, 0.29) is 62.9 Å². The molecule has 2 fully saturated rings. The molecule has 1 atom stereocenters. The number of hydrogen-bond acceptors (Lipinski definition) is 0. The Morgan fingerprint density at radius 2 is 0.784 bits per heavy atom. The number of aryl methyl sites for hydroxylation is 2. The van der Waals surface area contributed by atoms with Crippen LogP contribution in [0.1, 0.15) is 124 Å². The molecule has 2 aliphatic carbocycles. The Bertz CT molecular complexity index is 4140. The second kappa shape index (κ2) is 33.1. The second-order valence-electron chi connectivity index (χ2n) is 24.9. The van der Waals surface area contributed by atoms with Crippen LogP contribution in [0, 0.1) is 0 Å². The fourth-order valence-corrected chi connectivity index (χ4v) is 16.3. The molecule has 1 unspecified atom stereocenters. The SMILES string of the molecule is CCCCc1cc2c(-c3ccccc3)cccc2[cH-]1.C[Si](C)=C1CCCCC1c1cc2c(-c3ccccc3)cccc2[cH-]1.C[Si](C)=CCCCc1cc2c(-c3ccccc3)cccc2[cH-]1.[Mg+2].[Mg+2].c1ccc(-c2cccc3[cH-]c(C4CCCCC4)cc23)cc1. The van der Waals surface area contributed by atoms with E-state index in [9.17, 15) is 0 Å². The first-order valence-corrected chi connectivity index (χ1v) is 37.6. The maximum atomic E-state index is 2.52. The Morgan fingerprint density at radius 1 is 0.398 bits per heavy atom. The molecule has 0 radical (unpaired) electrons. The van der Waals surface area contributed by atoms with Gasteiger partial charge in [0, 0.05) is 8.41 Å². The number of unbranched alkanes of at least 4 members (excludes halogenated alkanes) is 2. The van der Waals surface area contributed by atoms with Gasteiger partial charge in [-0.15, -0.1) is 144 Å². The zero-order valence-corrected chi connectivity index (χ0v) is 58.2. The van der Waals surface area contributed by atoms with Crippen molar-refractivity contribution in [1.82, 2.24) is 0 Å². The van der Waals surface area contributed by atoms with Crippen LogP contribution in [-0.2, 0) is 12.8 Å². The van der Waals surface area contributed by atoms with Crippen molar-refractivity contribution in [2.45, 2.75) is 141 Å². The van der Waals surface area contributed by atoms with E-state index in [0.29, 0.717) is 5.92 Å². The first-order valence-electron chi connectivity index (χ1n) is 32.5. The van der Waals surface area contributed by atoms with Crippen LogP contribution in [0.5, 0.6) is 0 Å². The third-order valence-corrected chi connectivity index (χ3v) is 21.3. The van der Waals surface area contributed by atoms with Gasteiger partial charge in [-0.05, 0) is 100 Å². The monoisotopic (exact) mass is 1200 g/mol. The maximum Gasteiger partial charge on any atom is 2.00 e. The van der Waals surface area contributed by atoms with Crippen molar-refractivity contribution in [3.8, 4) is 44.5 Å². The zero-order chi connectivity index (χ0) is 59.0. The van der Waals surface area contributed by atoms with Gasteiger partial charge in [0.05, 0.1) is 0 Å². The maximum absolute atomic E-state index is 2.52. The van der Waals surface area contributed by atoms with Gasteiger partial charge in [-0.1, -0.05) is 245 Å². The molecule has 0 heterocycles. The molecule has 0 N–H and O–H groups in total. The summed E-state index contributed by atoms with van der Waals surface area (Å²) in [4.78, 5) is 0. The number of hydrogen-bond donors (Lipinski definition) is 0. The minimum absolute atomic E-state index is 0. The van der Waals surface area contributed by atoms with Gasteiger partial charge in [0.25, 0.3) is 0 Å². The number of benzene rings is 8. The van der Waals surface area contributed by atoms with E-state index in [1.54, 1.807) is 11.1 Å². The molecule has 2 saturated carbocycles. The molecule has 0 nitrogen and oxygen atoms in total. The van der Waals surface area contributed by atoms with Crippen molar-refractivity contribution in [2.24, 2.45) is 0 Å². The molecule has 12 aromatic carbocycles. The number of rotatable bonds is 13. The van der Waals surface area contributed by atoms with E-state index in [1.165, 1.54) is 195 Å². The minimum atomic E-state index is -0.313. The summed E-state index contributed by atoms with van der Waals surface area (Å²) in [5, 5.41) is 13.0. The summed E-state index contributed by atoms with van der Waals surface area (Å²) in [6.45, 7) is 11.9. The van der Waals surface area contributed by atoms with E-state index in [4.69, 9.17) is 0 Å². The average molecular weight is 1200 g/mol. The molecule has 12 aromatic rings. The number of fused-ring (bicyclic) bond motifs is 4. The molecule has 4 heteroatoms. The smallest absolute Gasteiger partial charge is 0.164 e. The fourth-order valence-electron chi connectivity index (χ4n) is 13.8. The summed E-state index contributed by atoms with van der Waals surface area (Å²) in [5.41, 5.74) is 19.3.